The number of ether oxygens (including phenoxy) is 1. The molecule has 168 valence electrons. The number of nitrogens with zero attached hydrogens (tertiary/aromatic N) is 2. The third-order valence-electron chi connectivity index (χ3n) is 7.16. The largest absolute Gasteiger partial charge is 0.465 e. The van der Waals surface area contributed by atoms with Crippen LogP contribution in [0.4, 0.5) is 4.79 Å². The minimum absolute atomic E-state index is 0.115. The van der Waals surface area contributed by atoms with Gasteiger partial charge in [-0.2, -0.15) is 0 Å². The summed E-state index contributed by atoms with van der Waals surface area (Å²) in [6.07, 6.45) is 6.96. The Balaban J connectivity index is 1.40. The molecule has 1 aromatic carbocycles. The van der Waals surface area contributed by atoms with Crippen LogP contribution in [0.5, 0.6) is 0 Å². The lowest BCUT2D eigenvalue weighted by molar-refractivity contribution is -0.186. The zero-order valence-electron chi connectivity index (χ0n) is 18.3. The molecule has 4 rings (SSSR count). The van der Waals surface area contributed by atoms with E-state index in [1.807, 2.05) is 6.07 Å². The number of hydrogen-bond donors (Lipinski definition) is 1. The Morgan fingerprint density at radius 2 is 1.77 bits per heavy atom. The van der Waals surface area contributed by atoms with Gasteiger partial charge in [0.2, 0.25) is 5.91 Å². The maximum absolute atomic E-state index is 13.5. The third kappa shape index (κ3) is 4.14. The van der Waals surface area contributed by atoms with Crippen LogP contribution in [0, 0.1) is 5.41 Å². The van der Waals surface area contributed by atoms with Crippen LogP contribution in [0.3, 0.4) is 0 Å². The molecular formula is C24H33N3O4. The number of hydrogen-bond acceptors (Lipinski definition) is 4. The van der Waals surface area contributed by atoms with Crippen molar-refractivity contribution in [3.05, 3.63) is 35.9 Å². The highest BCUT2D eigenvalue weighted by atomic mass is 16.5. The van der Waals surface area contributed by atoms with Gasteiger partial charge in [-0.25, -0.2) is 4.79 Å². The van der Waals surface area contributed by atoms with Crippen LogP contribution in [-0.2, 0) is 14.3 Å². The number of nitrogens with one attached hydrogen (secondary N) is 1. The van der Waals surface area contributed by atoms with Gasteiger partial charge in [0.05, 0.1) is 18.1 Å². The highest BCUT2D eigenvalue weighted by Crippen LogP contribution is 2.59. The van der Waals surface area contributed by atoms with Crippen molar-refractivity contribution in [2.45, 2.75) is 64.0 Å². The van der Waals surface area contributed by atoms with Crippen LogP contribution in [-0.4, -0.2) is 60.0 Å². The topological polar surface area (TPSA) is 79.0 Å². The van der Waals surface area contributed by atoms with Crippen LogP contribution in [0.1, 0.15) is 63.5 Å². The summed E-state index contributed by atoms with van der Waals surface area (Å²) in [6, 6.07) is 10.5. The lowest BCUT2D eigenvalue weighted by atomic mass is 9.59. The van der Waals surface area contributed by atoms with Crippen molar-refractivity contribution in [3.63, 3.8) is 0 Å². The summed E-state index contributed by atoms with van der Waals surface area (Å²) in [5.41, 5.74) is 1.01. The number of piperidine rings is 1. The first kappa shape index (κ1) is 21.7. The molecule has 1 spiro atoms. The summed E-state index contributed by atoms with van der Waals surface area (Å²) in [5.74, 6) is -0.119. The van der Waals surface area contributed by atoms with Crippen molar-refractivity contribution in [1.29, 1.82) is 0 Å². The first-order valence-electron chi connectivity index (χ1n) is 11.6. The van der Waals surface area contributed by atoms with E-state index in [4.69, 9.17) is 4.74 Å². The second kappa shape index (κ2) is 9.28. The summed E-state index contributed by atoms with van der Waals surface area (Å²) >= 11 is 0. The highest BCUT2D eigenvalue weighted by Gasteiger charge is 2.62. The zero-order valence-corrected chi connectivity index (χ0v) is 18.3. The van der Waals surface area contributed by atoms with Crippen molar-refractivity contribution in [1.82, 2.24) is 15.1 Å². The van der Waals surface area contributed by atoms with Gasteiger partial charge in [-0.1, -0.05) is 49.6 Å². The summed E-state index contributed by atoms with van der Waals surface area (Å²) in [5, 5.41) is 2.63. The SMILES string of the molecule is CCOC(=O)CNC(=O)N1CCC(N2C(=O)C3(CCCCC3)C2c2ccccc2)CC1. The average molecular weight is 428 g/mol. The predicted octanol–water partition coefficient (Wildman–Crippen LogP) is 3.26. The maximum Gasteiger partial charge on any atom is 0.325 e. The molecule has 2 saturated heterocycles. The van der Waals surface area contributed by atoms with Crippen molar-refractivity contribution < 1.29 is 19.1 Å². The van der Waals surface area contributed by atoms with Crippen LogP contribution in [0.25, 0.3) is 0 Å². The van der Waals surface area contributed by atoms with E-state index in [2.05, 4.69) is 34.5 Å². The highest BCUT2D eigenvalue weighted by molar-refractivity contribution is 5.91. The molecule has 1 saturated carbocycles. The lowest BCUT2D eigenvalue weighted by Gasteiger charge is -2.61. The fraction of sp³-hybridized carbons (Fsp3) is 0.625. The Morgan fingerprint density at radius 3 is 2.42 bits per heavy atom. The molecule has 2 heterocycles. The van der Waals surface area contributed by atoms with Gasteiger partial charge in [-0.05, 0) is 38.2 Å². The van der Waals surface area contributed by atoms with Crippen molar-refractivity contribution >= 4 is 17.9 Å². The molecular weight excluding hydrogens is 394 g/mol. The third-order valence-corrected chi connectivity index (χ3v) is 7.16. The van der Waals surface area contributed by atoms with Crippen LogP contribution >= 0.6 is 0 Å². The molecule has 31 heavy (non-hydrogen) atoms. The molecule has 1 aromatic rings. The summed E-state index contributed by atoms with van der Waals surface area (Å²) in [7, 11) is 0. The number of likely N-dealkylation sites (tertiary alicyclic amines) is 2. The molecule has 1 N–H and O–H groups in total. The van der Waals surface area contributed by atoms with E-state index in [0.29, 0.717) is 25.6 Å². The van der Waals surface area contributed by atoms with Crippen LogP contribution in [0.15, 0.2) is 30.3 Å². The van der Waals surface area contributed by atoms with Gasteiger partial charge in [0, 0.05) is 19.1 Å². The second-order valence-corrected chi connectivity index (χ2v) is 8.92. The molecule has 3 amide bonds. The Kier molecular flexibility index (Phi) is 6.49. The van der Waals surface area contributed by atoms with Crippen LogP contribution in [0.2, 0.25) is 0 Å². The molecule has 7 heteroatoms. The lowest BCUT2D eigenvalue weighted by Crippen LogP contribution is -2.68. The van der Waals surface area contributed by atoms with Crippen LogP contribution < -0.4 is 5.32 Å². The molecule has 1 unspecified atom stereocenters. The normalized spacial score (nSPS) is 23.4. The number of rotatable bonds is 5. The quantitative estimate of drug-likeness (QED) is 0.578. The Bertz CT molecular complexity index is 798. The van der Waals surface area contributed by atoms with E-state index >= 15 is 0 Å². The molecule has 1 atom stereocenters. The number of benzene rings is 1. The Morgan fingerprint density at radius 1 is 1.10 bits per heavy atom. The van der Waals surface area contributed by atoms with Gasteiger partial charge in [-0.3, -0.25) is 9.59 Å². The molecule has 3 fully saturated rings. The fourth-order valence-electron chi connectivity index (χ4n) is 5.67. The van der Waals surface area contributed by atoms with Gasteiger partial charge >= 0.3 is 12.0 Å². The van der Waals surface area contributed by atoms with E-state index in [1.165, 1.54) is 12.0 Å². The second-order valence-electron chi connectivity index (χ2n) is 8.92. The molecule has 3 aliphatic rings. The van der Waals surface area contributed by atoms with Crippen molar-refractivity contribution in [2.24, 2.45) is 5.41 Å². The average Bonchev–Trinajstić information content (AvgIpc) is 2.82. The first-order valence-corrected chi connectivity index (χ1v) is 11.6. The molecule has 2 aliphatic heterocycles. The number of amides is 3. The molecule has 0 bridgehead atoms. The Labute approximate surface area is 184 Å². The van der Waals surface area contributed by atoms with E-state index in [1.54, 1.807) is 11.8 Å². The van der Waals surface area contributed by atoms with E-state index in [9.17, 15) is 14.4 Å². The summed E-state index contributed by atoms with van der Waals surface area (Å²) in [4.78, 5) is 41.2. The molecule has 1 aliphatic carbocycles. The molecule has 7 nitrogen and oxygen atoms in total. The monoisotopic (exact) mass is 427 g/mol. The number of esters is 1. The van der Waals surface area contributed by atoms with Gasteiger partial charge in [0.1, 0.15) is 6.54 Å². The fourth-order valence-corrected chi connectivity index (χ4v) is 5.67. The molecule has 0 aromatic heterocycles. The minimum Gasteiger partial charge on any atom is -0.465 e. The number of urea groups is 1. The first-order chi connectivity index (χ1) is 15.1. The minimum atomic E-state index is -0.430. The maximum atomic E-state index is 13.5. The Hall–Kier alpha value is -2.57. The predicted molar refractivity (Wildman–Crippen MR) is 116 cm³/mol. The van der Waals surface area contributed by atoms with Gasteiger partial charge in [-0.15, -0.1) is 0 Å². The standard InChI is InChI=1S/C24H33N3O4/c1-2-31-20(28)17-25-23(30)26-15-11-19(12-16-26)27-21(18-9-5-3-6-10-18)24(22(27)29)13-7-4-8-14-24/h3,5-6,9-10,19,21H,2,4,7-8,11-17H2,1H3,(H,25,30). The van der Waals surface area contributed by atoms with Crippen molar-refractivity contribution in [3.8, 4) is 0 Å². The van der Waals surface area contributed by atoms with E-state index < -0.39 is 5.97 Å². The number of carbonyl (C=O) groups is 3. The molecule has 0 radical (unpaired) electrons. The van der Waals surface area contributed by atoms with Gasteiger partial charge in [0.25, 0.3) is 0 Å². The smallest absolute Gasteiger partial charge is 0.325 e. The summed E-state index contributed by atoms with van der Waals surface area (Å²) < 4.78 is 4.85. The zero-order chi connectivity index (χ0) is 21.8. The summed E-state index contributed by atoms with van der Waals surface area (Å²) in [6.45, 7) is 3.08. The van der Waals surface area contributed by atoms with Crippen molar-refractivity contribution in [2.75, 3.05) is 26.2 Å². The number of carbonyl (C=O) groups excluding carboxylic acids is 3. The van der Waals surface area contributed by atoms with Gasteiger partial charge in [0.15, 0.2) is 0 Å². The number of β-lactam (4-membered cyclic amide) rings is 1. The van der Waals surface area contributed by atoms with Gasteiger partial charge < -0.3 is 19.9 Å². The van der Waals surface area contributed by atoms with E-state index in [0.717, 1.165) is 38.5 Å². The van der Waals surface area contributed by atoms with E-state index in [-0.39, 0.29) is 30.1 Å².